The van der Waals surface area contributed by atoms with Gasteiger partial charge in [-0.1, -0.05) is 0 Å². The van der Waals surface area contributed by atoms with Gasteiger partial charge in [-0.15, -0.1) is 0 Å². The summed E-state index contributed by atoms with van der Waals surface area (Å²) in [5.41, 5.74) is 1.11. The zero-order valence-corrected chi connectivity index (χ0v) is 6.12. The number of hydrogen-bond acceptors (Lipinski definition) is 1. The van der Waals surface area contributed by atoms with Crippen LogP contribution in [0.5, 0.6) is 0 Å². The Labute approximate surface area is 58.3 Å². The lowest BCUT2D eigenvalue weighted by Crippen LogP contribution is -1.95. The standard InChI is InChI=1S/C7H9FS/c1-6(8)4-7-2-3-9-5-7/h2-3,5-6H,4H2,1H3. The predicted molar refractivity (Wildman–Crippen MR) is 38.6 cm³/mol. The normalized spacial score (nSPS) is 13.6. The van der Waals surface area contributed by atoms with E-state index in [-0.39, 0.29) is 0 Å². The van der Waals surface area contributed by atoms with E-state index in [1.54, 1.807) is 18.3 Å². The van der Waals surface area contributed by atoms with Crippen LogP contribution in [0.3, 0.4) is 0 Å². The van der Waals surface area contributed by atoms with Crippen molar-refractivity contribution in [2.75, 3.05) is 0 Å². The molecule has 0 saturated carbocycles. The van der Waals surface area contributed by atoms with Crippen molar-refractivity contribution in [2.45, 2.75) is 19.5 Å². The minimum atomic E-state index is -0.709. The fourth-order valence-corrected chi connectivity index (χ4v) is 1.42. The molecule has 0 fully saturated rings. The first-order chi connectivity index (χ1) is 4.29. The third-order valence-electron chi connectivity index (χ3n) is 1.10. The molecule has 2 heteroatoms. The van der Waals surface area contributed by atoms with Crippen LogP contribution in [0.15, 0.2) is 16.8 Å². The van der Waals surface area contributed by atoms with Crippen LogP contribution in [-0.2, 0) is 6.42 Å². The summed E-state index contributed by atoms with van der Waals surface area (Å²) in [5, 5.41) is 3.95. The lowest BCUT2D eigenvalue weighted by molar-refractivity contribution is 0.360. The molecule has 1 rings (SSSR count). The molecule has 0 aliphatic carbocycles. The minimum absolute atomic E-state index is 0.559. The van der Waals surface area contributed by atoms with Crippen LogP contribution in [0, 0.1) is 0 Å². The molecule has 50 valence electrons. The van der Waals surface area contributed by atoms with Gasteiger partial charge in [0.05, 0.1) is 0 Å². The summed E-state index contributed by atoms with van der Waals surface area (Å²) in [6, 6.07) is 1.96. The molecule has 1 atom stereocenters. The van der Waals surface area contributed by atoms with Gasteiger partial charge in [-0.25, -0.2) is 4.39 Å². The van der Waals surface area contributed by atoms with Crippen LogP contribution >= 0.6 is 11.3 Å². The lowest BCUT2D eigenvalue weighted by atomic mass is 10.2. The van der Waals surface area contributed by atoms with Gasteiger partial charge in [0.15, 0.2) is 0 Å². The van der Waals surface area contributed by atoms with Crippen molar-refractivity contribution >= 4 is 11.3 Å². The van der Waals surface area contributed by atoms with E-state index in [0.29, 0.717) is 6.42 Å². The summed E-state index contributed by atoms with van der Waals surface area (Å²) >= 11 is 1.61. The second-order valence-corrected chi connectivity index (χ2v) is 2.90. The summed E-state index contributed by atoms with van der Waals surface area (Å²) < 4.78 is 12.3. The third kappa shape index (κ3) is 2.14. The van der Waals surface area contributed by atoms with Crippen molar-refractivity contribution in [2.24, 2.45) is 0 Å². The van der Waals surface area contributed by atoms with E-state index in [1.165, 1.54) is 0 Å². The highest BCUT2D eigenvalue weighted by molar-refractivity contribution is 7.07. The Morgan fingerprint density at radius 2 is 2.56 bits per heavy atom. The SMILES string of the molecule is CC(F)Cc1ccsc1. The number of thiophene rings is 1. The second-order valence-electron chi connectivity index (χ2n) is 2.12. The highest BCUT2D eigenvalue weighted by Gasteiger charge is 1.98. The Hall–Kier alpha value is -0.370. The Morgan fingerprint density at radius 1 is 1.78 bits per heavy atom. The van der Waals surface area contributed by atoms with Gasteiger partial charge >= 0.3 is 0 Å². The molecule has 0 radical (unpaired) electrons. The van der Waals surface area contributed by atoms with E-state index in [1.807, 2.05) is 16.8 Å². The maximum absolute atomic E-state index is 12.3. The maximum Gasteiger partial charge on any atom is 0.101 e. The first-order valence-corrected chi connectivity index (χ1v) is 3.88. The fourth-order valence-electron chi connectivity index (χ4n) is 0.734. The Balaban J connectivity index is 2.48. The molecule has 0 bridgehead atoms. The van der Waals surface area contributed by atoms with Crippen molar-refractivity contribution < 1.29 is 4.39 Å². The van der Waals surface area contributed by atoms with Gasteiger partial charge in [-0.05, 0) is 29.3 Å². The van der Waals surface area contributed by atoms with Crippen molar-refractivity contribution in [3.63, 3.8) is 0 Å². The molecule has 0 aliphatic heterocycles. The van der Waals surface area contributed by atoms with Gasteiger partial charge in [0, 0.05) is 6.42 Å². The van der Waals surface area contributed by atoms with Crippen LogP contribution in [0.25, 0.3) is 0 Å². The van der Waals surface area contributed by atoms with E-state index in [4.69, 9.17) is 0 Å². The van der Waals surface area contributed by atoms with Crippen molar-refractivity contribution in [3.05, 3.63) is 22.4 Å². The van der Waals surface area contributed by atoms with E-state index in [2.05, 4.69) is 0 Å². The quantitative estimate of drug-likeness (QED) is 0.598. The molecular weight excluding hydrogens is 135 g/mol. The monoisotopic (exact) mass is 144 g/mol. The van der Waals surface area contributed by atoms with Crippen LogP contribution in [0.4, 0.5) is 4.39 Å². The Bertz CT molecular complexity index is 155. The van der Waals surface area contributed by atoms with Crippen LogP contribution in [-0.4, -0.2) is 6.17 Å². The van der Waals surface area contributed by atoms with Crippen molar-refractivity contribution in [1.82, 2.24) is 0 Å². The smallest absolute Gasteiger partial charge is 0.101 e. The van der Waals surface area contributed by atoms with Gasteiger partial charge in [-0.3, -0.25) is 0 Å². The first-order valence-electron chi connectivity index (χ1n) is 2.94. The zero-order valence-electron chi connectivity index (χ0n) is 5.30. The van der Waals surface area contributed by atoms with Crippen LogP contribution < -0.4 is 0 Å². The van der Waals surface area contributed by atoms with E-state index in [0.717, 1.165) is 5.56 Å². The molecule has 1 heterocycles. The summed E-state index contributed by atoms with van der Waals surface area (Å²) in [5.74, 6) is 0. The molecule has 0 nitrogen and oxygen atoms in total. The molecule has 0 aromatic carbocycles. The predicted octanol–water partition coefficient (Wildman–Crippen LogP) is 2.65. The minimum Gasteiger partial charge on any atom is -0.247 e. The summed E-state index contributed by atoms with van der Waals surface area (Å²) in [4.78, 5) is 0. The van der Waals surface area contributed by atoms with E-state index in [9.17, 15) is 4.39 Å². The maximum atomic E-state index is 12.3. The van der Waals surface area contributed by atoms with Gasteiger partial charge in [0.1, 0.15) is 6.17 Å². The molecule has 1 aromatic heterocycles. The van der Waals surface area contributed by atoms with Crippen LogP contribution in [0.2, 0.25) is 0 Å². The van der Waals surface area contributed by atoms with E-state index >= 15 is 0 Å². The molecule has 0 amide bonds. The fraction of sp³-hybridized carbons (Fsp3) is 0.429. The highest BCUT2D eigenvalue weighted by Crippen LogP contribution is 2.09. The van der Waals surface area contributed by atoms with Crippen molar-refractivity contribution in [1.29, 1.82) is 0 Å². The van der Waals surface area contributed by atoms with Gasteiger partial charge in [0.2, 0.25) is 0 Å². The second kappa shape index (κ2) is 2.97. The average Bonchev–Trinajstić information content (AvgIpc) is 2.15. The average molecular weight is 144 g/mol. The summed E-state index contributed by atoms with van der Waals surface area (Å²) in [7, 11) is 0. The molecule has 0 N–H and O–H groups in total. The number of rotatable bonds is 2. The molecule has 0 aliphatic rings. The van der Waals surface area contributed by atoms with Gasteiger partial charge in [0.25, 0.3) is 0 Å². The zero-order chi connectivity index (χ0) is 6.69. The summed E-state index contributed by atoms with van der Waals surface area (Å²) in [6.07, 6.45) is -0.150. The van der Waals surface area contributed by atoms with Gasteiger partial charge < -0.3 is 0 Å². The number of halogens is 1. The molecule has 1 unspecified atom stereocenters. The number of hydrogen-bond donors (Lipinski definition) is 0. The molecule has 1 aromatic rings. The molecule has 0 saturated heterocycles. The lowest BCUT2D eigenvalue weighted by Gasteiger charge is -1.95. The largest absolute Gasteiger partial charge is 0.247 e. The van der Waals surface area contributed by atoms with E-state index < -0.39 is 6.17 Å². The molecular formula is C7H9FS. The number of alkyl halides is 1. The Kier molecular flexibility index (Phi) is 2.22. The molecule has 0 spiro atoms. The first kappa shape index (κ1) is 6.75. The topological polar surface area (TPSA) is 0 Å². The van der Waals surface area contributed by atoms with Crippen molar-refractivity contribution in [3.8, 4) is 0 Å². The highest BCUT2D eigenvalue weighted by atomic mass is 32.1. The van der Waals surface area contributed by atoms with Crippen LogP contribution in [0.1, 0.15) is 12.5 Å². The van der Waals surface area contributed by atoms with Gasteiger partial charge in [-0.2, -0.15) is 11.3 Å². The summed E-state index contributed by atoms with van der Waals surface area (Å²) in [6.45, 7) is 1.58. The molecule has 9 heavy (non-hydrogen) atoms. The third-order valence-corrected chi connectivity index (χ3v) is 1.83. The Morgan fingerprint density at radius 3 is 3.00 bits per heavy atom.